The average molecular weight is 348 g/mol. The van der Waals surface area contributed by atoms with E-state index in [2.05, 4.69) is 11.4 Å². The van der Waals surface area contributed by atoms with Gasteiger partial charge in [0, 0.05) is 25.3 Å². The molecule has 0 saturated heterocycles. The first-order valence-corrected chi connectivity index (χ1v) is 8.20. The van der Waals surface area contributed by atoms with Crippen molar-refractivity contribution in [1.82, 2.24) is 4.90 Å². The molecule has 0 aliphatic rings. The number of carbonyl (C=O) groups is 1. The number of nitrogens with one attached hydrogen (secondary N) is 1. The van der Waals surface area contributed by atoms with Crippen LogP contribution in [0.1, 0.15) is 18.9 Å². The Morgan fingerprint density at radius 2 is 1.92 bits per heavy atom. The van der Waals surface area contributed by atoms with Crippen molar-refractivity contribution in [1.29, 1.82) is 10.5 Å². The molecule has 1 atom stereocenters. The molecule has 0 radical (unpaired) electrons. The van der Waals surface area contributed by atoms with Crippen LogP contribution in [0.2, 0.25) is 0 Å². The Hall–Kier alpha value is -3.51. The van der Waals surface area contributed by atoms with Crippen LogP contribution in [0.25, 0.3) is 0 Å². The molecule has 0 unspecified atom stereocenters. The van der Waals surface area contributed by atoms with Crippen LogP contribution in [0.5, 0.6) is 11.5 Å². The maximum Gasteiger partial charge on any atom is 0.244 e. The normalized spacial score (nSPS) is 10.9. The fourth-order valence-electron chi connectivity index (χ4n) is 2.35. The number of hydrogen-bond donors (Lipinski definition) is 1. The third-order valence-electron chi connectivity index (χ3n) is 3.74. The minimum absolute atomic E-state index is 0.0846. The zero-order valence-electron chi connectivity index (χ0n) is 14.8. The third-order valence-corrected chi connectivity index (χ3v) is 3.74. The Labute approximate surface area is 153 Å². The predicted octanol–water partition coefficient (Wildman–Crippen LogP) is 3.52. The largest absolute Gasteiger partial charge is 0.457 e. The maximum absolute atomic E-state index is 12.3. The van der Waals surface area contributed by atoms with Crippen molar-refractivity contribution < 1.29 is 9.53 Å². The van der Waals surface area contributed by atoms with Crippen LogP contribution in [0.4, 0.5) is 5.69 Å². The molecule has 0 bridgehead atoms. The summed E-state index contributed by atoms with van der Waals surface area (Å²) in [4.78, 5) is 13.8. The van der Waals surface area contributed by atoms with Crippen molar-refractivity contribution in [3.63, 3.8) is 0 Å². The van der Waals surface area contributed by atoms with Crippen LogP contribution in [0, 0.1) is 22.7 Å². The molecule has 2 rings (SSSR count). The van der Waals surface area contributed by atoms with Crippen molar-refractivity contribution in [3.05, 3.63) is 54.1 Å². The molecule has 0 aliphatic heterocycles. The average Bonchev–Trinajstić information content (AvgIpc) is 2.66. The molecule has 1 N–H and O–H groups in total. The number of carbonyl (C=O) groups excluding carboxylic acids is 1. The summed E-state index contributed by atoms with van der Waals surface area (Å²) in [5, 5.41) is 20.6. The molecule has 6 heteroatoms. The number of hydrogen-bond acceptors (Lipinski definition) is 5. The van der Waals surface area contributed by atoms with Gasteiger partial charge >= 0.3 is 0 Å². The molecule has 2 aromatic rings. The summed E-state index contributed by atoms with van der Waals surface area (Å²) < 4.78 is 5.78. The van der Waals surface area contributed by atoms with Gasteiger partial charge in [-0.25, -0.2) is 0 Å². The van der Waals surface area contributed by atoms with E-state index in [1.165, 1.54) is 4.90 Å². The van der Waals surface area contributed by atoms with E-state index in [-0.39, 0.29) is 5.91 Å². The quantitative estimate of drug-likeness (QED) is 0.827. The van der Waals surface area contributed by atoms with Crippen LogP contribution < -0.4 is 10.1 Å². The lowest BCUT2D eigenvalue weighted by molar-refractivity contribution is -0.130. The molecular formula is C20H20N4O2. The zero-order chi connectivity index (χ0) is 18.9. The van der Waals surface area contributed by atoms with Gasteiger partial charge in [0.25, 0.3) is 0 Å². The number of nitriles is 2. The first-order chi connectivity index (χ1) is 12.5. The molecule has 0 aromatic heterocycles. The van der Waals surface area contributed by atoms with E-state index in [1.54, 1.807) is 44.3 Å². The summed E-state index contributed by atoms with van der Waals surface area (Å²) in [6, 6.07) is 17.8. The zero-order valence-corrected chi connectivity index (χ0v) is 14.8. The minimum atomic E-state index is -0.427. The Kier molecular flexibility index (Phi) is 6.59. The van der Waals surface area contributed by atoms with Gasteiger partial charge in [0.05, 0.1) is 24.1 Å². The molecule has 132 valence electrons. The minimum Gasteiger partial charge on any atom is -0.457 e. The van der Waals surface area contributed by atoms with Crippen molar-refractivity contribution in [2.75, 3.05) is 18.9 Å². The Morgan fingerprint density at radius 3 is 2.58 bits per heavy atom. The number of benzene rings is 2. The topological polar surface area (TPSA) is 89.2 Å². The SMILES string of the molecule is C[C@H](Nc1cccc(Oc2ccc(C#N)cc2)c1)C(=O)N(C)CCC#N. The second-order valence-corrected chi connectivity index (χ2v) is 5.80. The van der Waals surface area contributed by atoms with E-state index in [1.807, 2.05) is 24.3 Å². The smallest absolute Gasteiger partial charge is 0.244 e. The number of amides is 1. The first kappa shape index (κ1) is 18.8. The van der Waals surface area contributed by atoms with Crippen LogP contribution in [0.15, 0.2) is 48.5 Å². The molecule has 0 fully saturated rings. The second kappa shape index (κ2) is 9.10. The maximum atomic E-state index is 12.3. The van der Waals surface area contributed by atoms with Gasteiger partial charge in [-0.1, -0.05) is 6.07 Å². The third kappa shape index (κ3) is 5.25. The Morgan fingerprint density at radius 1 is 1.19 bits per heavy atom. The van der Waals surface area contributed by atoms with Gasteiger partial charge in [0.2, 0.25) is 5.91 Å². The van der Waals surface area contributed by atoms with Crippen LogP contribution >= 0.6 is 0 Å². The molecule has 26 heavy (non-hydrogen) atoms. The lowest BCUT2D eigenvalue weighted by atomic mass is 10.2. The standard InChI is InChI=1S/C20H20N4O2/c1-15(20(25)24(2)12-4-11-21)23-17-5-3-6-19(13-17)26-18-9-7-16(14-22)8-10-18/h3,5-10,13,15,23H,4,12H2,1-2H3/t15-/m0/s1. The first-order valence-electron chi connectivity index (χ1n) is 8.20. The number of nitrogens with zero attached hydrogens (tertiary/aromatic N) is 3. The lowest BCUT2D eigenvalue weighted by Gasteiger charge is -2.22. The molecule has 0 heterocycles. The fraction of sp³-hybridized carbons (Fsp3) is 0.250. The highest BCUT2D eigenvalue weighted by molar-refractivity contribution is 5.84. The second-order valence-electron chi connectivity index (χ2n) is 5.80. The fourth-order valence-corrected chi connectivity index (χ4v) is 2.35. The highest BCUT2D eigenvalue weighted by atomic mass is 16.5. The van der Waals surface area contributed by atoms with Crippen LogP contribution in [-0.2, 0) is 4.79 Å². The number of rotatable bonds is 7. The highest BCUT2D eigenvalue weighted by Crippen LogP contribution is 2.24. The number of anilines is 1. The molecule has 2 aromatic carbocycles. The van der Waals surface area contributed by atoms with E-state index in [0.29, 0.717) is 30.0 Å². The van der Waals surface area contributed by atoms with E-state index in [4.69, 9.17) is 15.3 Å². The number of ether oxygens (including phenoxy) is 1. The van der Waals surface area contributed by atoms with Gasteiger partial charge in [0.15, 0.2) is 0 Å². The Balaban J connectivity index is 2.00. The highest BCUT2D eigenvalue weighted by Gasteiger charge is 2.17. The van der Waals surface area contributed by atoms with Crippen LogP contribution in [-0.4, -0.2) is 30.4 Å². The molecule has 6 nitrogen and oxygen atoms in total. The van der Waals surface area contributed by atoms with Gasteiger partial charge in [0.1, 0.15) is 17.5 Å². The van der Waals surface area contributed by atoms with Gasteiger partial charge in [-0.05, 0) is 43.3 Å². The van der Waals surface area contributed by atoms with E-state index in [0.717, 1.165) is 5.69 Å². The van der Waals surface area contributed by atoms with Crippen molar-refractivity contribution in [3.8, 4) is 23.6 Å². The number of likely N-dealkylation sites (N-methyl/N-ethyl adjacent to an activating group) is 1. The monoisotopic (exact) mass is 348 g/mol. The van der Waals surface area contributed by atoms with Gasteiger partial charge in [-0.3, -0.25) is 4.79 Å². The molecule has 0 saturated carbocycles. The summed E-state index contributed by atoms with van der Waals surface area (Å²) in [6.45, 7) is 2.18. The van der Waals surface area contributed by atoms with Gasteiger partial charge in [-0.15, -0.1) is 0 Å². The van der Waals surface area contributed by atoms with E-state index >= 15 is 0 Å². The van der Waals surface area contributed by atoms with E-state index in [9.17, 15) is 4.79 Å². The lowest BCUT2D eigenvalue weighted by Crippen LogP contribution is -2.39. The van der Waals surface area contributed by atoms with Crippen molar-refractivity contribution in [2.24, 2.45) is 0 Å². The predicted molar refractivity (Wildman–Crippen MR) is 98.6 cm³/mol. The van der Waals surface area contributed by atoms with E-state index < -0.39 is 6.04 Å². The van der Waals surface area contributed by atoms with Crippen LogP contribution in [0.3, 0.4) is 0 Å². The van der Waals surface area contributed by atoms with Gasteiger partial charge in [-0.2, -0.15) is 10.5 Å². The van der Waals surface area contributed by atoms with Crippen molar-refractivity contribution >= 4 is 11.6 Å². The molecular weight excluding hydrogens is 328 g/mol. The Bertz CT molecular complexity index is 834. The summed E-state index contributed by atoms with van der Waals surface area (Å²) in [5.41, 5.74) is 1.33. The summed E-state index contributed by atoms with van der Waals surface area (Å²) in [5.74, 6) is 1.16. The summed E-state index contributed by atoms with van der Waals surface area (Å²) >= 11 is 0. The van der Waals surface area contributed by atoms with Crippen molar-refractivity contribution in [2.45, 2.75) is 19.4 Å². The molecule has 1 amide bonds. The summed E-state index contributed by atoms with van der Waals surface area (Å²) in [6.07, 6.45) is 0.308. The molecule has 0 spiro atoms. The summed E-state index contributed by atoms with van der Waals surface area (Å²) in [7, 11) is 1.68. The molecule has 0 aliphatic carbocycles. The van der Waals surface area contributed by atoms with Gasteiger partial charge < -0.3 is 15.0 Å².